The van der Waals surface area contributed by atoms with Crippen molar-refractivity contribution < 1.29 is 27.2 Å². The van der Waals surface area contributed by atoms with E-state index in [-0.39, 0.29) is 17.7 Å². The first kappa shape index (κ1) is 20.1. The van der Waals surface area contributed by atoms with Crippen LogP contribution in [-0.2, 0) is 10.9 Å². The van der Waals surface area contributed by atoms with E-state index in [0.717, 1.165) is 18.9 Å². The highest BCUT2D eigenvalue weighted by molar-refractivity contribution is 5.55. The Labute approximate surface area is 169 Å². The first-order valence-corrected chi connectivity index (χ1v) is 9.17. The minimum Gasteiger partial charge on any atom is -0.424 e. The van der Waals surface area contributed by atoms with Crippen LogP contribution in [-0.4, -0.2) is 40.8 Å². The number of anilines is 1. The molecule has 0 bridgehead atoms. The van der Waals surface area contributed by atoms with Gasteiger partial charge in [-0.25, -0.2) is 0 Å². The van der Waals surface area contributed by atoms with Crippen molar-refractivity contribution in [1.82, 2.24) is 20.1 Å². The van der Waals surface area contributed by atoms with Gasteiger partial charge in [-0.3, -0.25) is 0 Å². The van der Waals surface area contributed by atoms with Gasteiger partial charge in [-0.05, 0) is 37.1 Å². The molecule has 30 heavy (non-hydrogen) atoms. The van der Waals surface area contributed by atoms with Crippen molar-refractivity contribution in [1.29, 1.82) is 0 Å². The van der Waals surface area contributed by atoms with Crippen molar-refractivity contribution in [3.8, 4) is 23.1 Å². The minimum absolute atomic E-state index is 0.0809. The van der Waals surface area contributed by atoms with Gasteiger partial charge >= 0.3 is 12.2 Å². The lowest BCUT2D eigenvalue weighted by molar-refractivity contribution is -0.141. The second-order valence-electron chi connectivity index (χ2n) is 6.87. The van der Waals surface area contributed by atoms with Gasteiger partial charge in [0.05, 0.1) is 0 Å². The van der Waals surface area contributed by atoms with Gasteiger partial charge in [0.2, 0.25) is 5.82 Å². The Morgan fingerprint density at radius 2 is 1.87 bits per heavy atom. The molecular weight excluding hydrogens is 403 g/mol. The SMILES string of the molecule is CN(C)c1cc(C(F)(F)F)nc(Oc2ccc(-c3noc(C4CCCO4)n3)cc2)n1. The highest BCUT2D eigenvalue weighted by atomic mass is 19.4. The van der Waals surface area contributed by atoms with Crippen LogP contribution in [0.2, 0.25) is 0 Å². The van der Waals surface area contributed by atoms with E-state index >= 15 is 0 Å². The average Bonchev–Trinajstić information content (AvgIpc) is 3.39. The van der Waals surface area contributed by atoms with Gasteiger partial charge in [-0.1, -0.05) is 5.16 Å². The van der Waals surface area contributed by atoms with Crippen LogP contribution in [0.5, 0.6) is 11.8 Å². The minimum atomic E-state index is -4.62. The van der Waals surface area contributed by atoms with Gasteiger partial charge in [0, 0.05) is 32.3 Å². The molecule has 158 valence electrons. The Bertz CT molecular complexity index is 1010. The molecule has 1 fully saturated rings. The van der Waals surface area contributed by atoms with E-state index in [1.807, 2.05) is 0 Å². The number of ether oxygens (including phenoxy) is 2. The second kappa shape index (κ2) is 7.90. The maximum atomic E-state index is 13.1. The van der Waals surface area contributed by atoms with Crippen molar-refractivity contribution in [3.63, 3.8) is 0 Å². The third-order valence-corrected chi connectivity index (χ3v) is 4.41. The Kier molecular flexibility index (Phi) is 5.29. The van der Waals surface area contributed by atoms with Crippen molar-refractivity contribution in [2.24, 2.45) is 0 Å². The summed E-state index contributed by atoms with van der Waals surface area (Å²) in [6.07, 6.45) is -3.02. The summed E-state index contributed by atoms with van der Waals surface area (Å²) in [5.41, 5.74) is -0.421. The fraction of sp³-hybridized carbons (Fsp3) is 0.368. The van der Waals surface area contributed by atoms with E-state index in [0.29, 0.717) is 23.9 Å². The lowest BCUT2D eigenvalue weighted by Crippen LogP contribution is -2.15. The van der Waals surface area contributed by atoms with Gasteiger partial charge in [0.1, 0.15) is 17.7 Å². The van der Waals surface area contributed by atoms with Crippen LogP contribution in [0.15, 0.2) is 34.9 Å². The summed E-state index contributed by atoms with van der Waals surface area (Å²) in [5, 5.41) is 3.95. The summed E-state index contributed by atoms with van der Waals surface area (Å²) in [6.45, 7) is 0.668. The molecule has 1 aliphatic heterocycles. The van der Waals surface area contributed by atoms with Gasteiger partial charge < -0.3 is 18.9 Å². The Balaban J connectivity index is 1.53. The third kappa shape index (κ3) is 4.35. The molecule has 0 N–H and O–H groups in total. The van der Waals surface area contributed by atoms with Crippen molar-refractivity contribution in [2.75, 3.05) is 25.6 Å². The molecule has 1 unspecified atom stereocenters. The maximum Gasteiger partial charge on any atom is 0.433 e. The molecule has 1 saturated heterocycles. The second-order valence-corrected chi connectivity index (χ2v) is 6.87. The van der Waals surface area contributed by atoms with Gasteiger partial charge in [-0.2, -0.15) is 28.1 Å². The van der Waals surface area contributed by atoms with Gasteiger partial charge in [0.25, 0.3) is 5.89 Å². The first-order valence-electron chi connectivity index (χ1n) is 9.17. The summed E-state index contributed by atoms with van der Waals surface area (Å²) in [5.74, 6) is 1.16. The summed E-state index contributed by atoms with van der Waals surface area (Å²) in [4.78, 5) is 13.3. The van der Waals surface area contributed by atoms with E-state index < -0.39 is 17.9 Å². The molecule has 0 saturated carbocycles. The van der Waals surface area contributed by atoms with E-state index in [2.05, 4.69) is 20.1 Å². The number of hydrogen-bond donors (Lipinski definition) is 0. The summed E-state index contributed by atoms with van der Waals surface area (Å²) in [6, 6.07) is 6.92. The predicted octanol–water partition coefficient (Wildman–Crippen LogP) is 4.26. The number of hydrogen-bond acceptors (Lipinski definition) is 8. The van der Waals surface area contributed by atoms with Crippen LogP contribution in [0, 0.1) is 0 Å². The average molecular weight is 421 g/mol. The van der Waals surface area contributed by atoms with Crippen LogP contribution in [0.1, 0.15) is 30.5 Å². The molecule has 1 aliphatic rings. The van der Waals surface area contributed by atoms with Crippen LogP contribution in [0.3, 0.4) is 0 Å². The number of benzene rings is 1. The van der Waals surface area contributed by atoms with Crippen molar-refractivity contribution in [2.45, 2.75) is 25.1 Å². The molecule has 0 spiro atoms. The fourth-order valence-corrected chi connectivity index (χ4v) is 2.87. The molecule has 1 aromatic carbocycles. The van der Waals surface area contributed by atoms with E-state index in [4.69, 9.17) is 14.0 Å². The zero-order valence-electron chi connectivity index (χ0n) is 16.2. The van der Waals surface area contributed by atoms with Crippen molar-refractivity contribution >= 4 is 5.82 Å². The van der Waals surface area contributed by atoms with Gasteiger partial charge in [0.15, 0.2) is 5.69 Å². The predicted molar refractivity (Wildman–Crippen MR) is 99.1 cm³/mol. The van der Waals surface area contributed by atoms with Crippen LogP contribution < -0.4 is 9.64 Å². The molecular formula is C19H18F3N5O3. The van der Waals surface area contributed by atoms with Crippen LogP contribution in [0.4, 0.5) is 19.0 Å². The third-order valence-electron chi connectivity index (χ3n) is 4.41. The standard InChI is InChI=1S/C19H18F3N5O3/c1-27(2)15-10-14(19(20,21)22)23-18(24-15)29-12-7-5-11(6-8-12)16-25-17(30-26-16)13-4-3-9-28-13/h5-8,10,13H,3-4,9H2,1-2H3. The summed E-state index contributed by atoms with van der Waals surface area (Å²) >= 11 is 0. The molecule has 3 aromatic rings. The number of alkyl halides is 3. The number of aromatic nitrogens is 4. The Morgan fingerprint density at radius 1 is 1.10 bits per heavy atom. The van der Waals surface area contributed by atoms with Crippen LogP contribution in [0.25, 0.3) is 11.4 Å². The molecule has 0 aliphatic carbocycles. The fourth-order valence-electron chi connectivity index (χ4n) is 2.87. The molecule has 8 nitrogen and oxygen atoms in total. The van der Waals surface area contributed by atoms with E-state index in [1.54, 1.807) is 38.4 Å². The van der Waals surface area contributed by atoms with Gasteiger partial charge in [-0.15, -0.1) is 0 Å². The number of nitrogens with zero attached hydrogens (tertiary/aromatic N) is 5. The quantitative estimate of drug-likeness (QED) is 0.604. The molecule has 3 heterocycles. The molecule has 4 rings (SSSR count). The monoisotopic (exact) mass is 421 g/mol. The first-order chi connectivity index (χ1) is 14.3. The zero-order valence-corrected chi connectivity index (χ0v) is 16.2. The molecule has 1 atom stereocenters. The van der Waals surface area contributed by atoms with Crippen molar-refractivity contribution in [3.05, 3.63) is 41.9 Å². The van der Waals surface area contributed by atoms with Crippen LogP contribution >= 0.6 is 0 Å². The summed E-state index contributed by atoms with van der Waals surface area (Å²) < 4.78 is 55.6. The lowest BCUT2D eigenvalue weighted by Gasteiger charge is -2.15. The lowest BCUT2D eigenvalue weighted by atomic mass is 10.2. The van der Waals surface area contributed by atoms with E-state index in [9.17, 15) is 13.2 Å². The highest BCUT2D eigenvalue weighted by Crippen LogP contribution is 2.32. The maximum absolute atomic E-state index is 13.1. The Hall–Kier alpha value is -3.21. The molecule has 0 radical (unpaired) electrons. The highest BCUT2D eigenvalue weighted by Gasteiger charge is 2.34. The molecule has 0 amide bonds. The largest absolute Gasteiger partial charge is 0.433 e. The smallest absolute Gasteiger partial charge is 0.424 e. The summed E-state index contributed by atoms with van der Waals surface area (Å²) in [7, 11) is 3.16. The van der Waals surface area contributed by atoms with E-state index in [1.165, 1.54) is 4.90 Å². The molecule has 2 aromatic heterocycles. The normalized spacial score (nSPS) is 16.6. The topological polar surface area (TPSA) is 86.4 Å². The zero-order chi connectivity index (χ0) is 21.3. The number of rotatable bonds is 5. The molecule has 11 heteroatoms. The Morgan fingerprint density at radius 3 is 2.50 bits per heavy atom. The number of halogens is 3.